The van der Waals surface area contributed by atoms with Crippen molar-refractivity contribution in [2.75, 3.05) is 19.0 Å². The summed E-state index contributed by atoms with van der Waals surface area (Å²) in [6, 6.07) is 0. The molecule has 0 bridgehead atoms. The van der Waals surface area contributed by atoms with E-state index in [0.29, 0.717) is 12.8 Å². The third-order valence-electron chi connectivity index (χ3n) is 8.61. The van der Waals surface area contributed by atoms with Crippen LogP contribution in [0.15, 0.2) is 60.8 Å². The molecule has 13 heteroatoms. The average Bonchev–Trinajstić information content (AvgIpc) is 3.13. The summed E-state index contributed by atoms with van der Waals surface area (Å²) in [6.07, 6.45) is 27.5. The Morgan fingerprint density at radius 3 is 1.72 bits per heavy atom. The predicted octanol–water partition coefficient (Wildman–Crippen LogP) is 7.00. The number of allylic oxidation sites excluding steroid dienone is 10. The molecule has 2 unspecified atom stereocenters. The molecule has 1 saturated heterocycles. The van der Waals surface area contributed by atoms with E-state index >= 15 is 0 Å². The zero-order chi connectivity index (χ0) is 39.9. The molecule has 6 atom stereocenters. The van der Waals surface area contributed by atoms with E-state index in [2.05, 4.69) is 62.5 Å². The summed E-state index contributed by atoms with van der Waals surface area (Å²) in [5.41, 5.74) is 0. The first-order valence-electron chi connectivity index (χ1n) is 19.8. The van der Waals surface area contributed by atoms with Gasteiger partial charge in [-0.25, -0.2) is 0 Å². The smallest absolute Gasteiger partial charge is 0.306 e. The Labute approximate surface area is 324 Å². The lowest BCUT2D eigenvalue weighted by Gasteiger charge is -2.40. The monoisotopic (exact) mass is 784 g/mol. The largest absolute Gasteiger partial charge is 0.462 e. The lowest BCUT2D eigenvalue weighted by Crippen LogP contribution is -2.60. The van der Waals surface area contributed by atoms with Gasteiger partial charge in [0, 0.05) is 12.8 Å². The average molecular weight is 785 g/mol. The van der Waals surface area contributed by atoms with Crippen molar-refractivity contribution in [1.82, 2.24) is 0 Å². The number of aliphatic hydroxyl groups excluding tert-OH is 3. The molecular weight excluding hydrogens is 717 g/mol. The minimum Gasteiger partial charge on any atom is -0.462 e. The molecule has 12 nitrogen and oxygen atoms in total. The molecule has 1 aliphatic heterocycles. The minimum absolute atomic E-state index is 0.0938. The number of esters is 2. The van der Waals surface area contributed by atoms with Gasteiger partial charge in [0.1, 0.15) is 36.8 Å². The number of aliphatic hydroxyl groups is 3. The number of carbonyl (C=O) groups excluding carboxylic acids is 2. The van der Waals surface area contributed by atoms with Crippen LogP contribution in [0.4, 0.5) is 0 Å². The highest BCUT2D eigenvalue weighted by atomic mass is 32.2. The maximum absolute atomic E-state index is 12.6. The summed E-state index contributed by atoms with van der Waals surface area (Å²) in [4.78, 5) is 25.1. The van der Waals surface area contributed by atoms with Gasteiger partial charge in [-0.1, -0.05) is 126 Å². The summed E-state index contributed by atoms with van der Waals surface area (Å²) in [7, 11) is -4.60. The molecule has 1 fully saturated rings. The van der Waals surface area contributed by atoms with E-state index in [1.807, 2.05) is 12.2 Å². The summed E-state index contributed by atoms with van der Waals surface area (Å²) in [6.45, 7) is 3.57. The molecule has 0 spiro atoms. The first kappa shape index (κ1) is 49.4. The van der Waals surface area contributed by atoms with E-state index in [1.54, 1.807) is 0 Å². The molecule has 0 radical (unpaired) electrons. The van der Waals surface area contributed by atoms with Crippen molar-refractivity contribution in [1.29, 1.82) is 0 Å². The van der Waals surface area contributed by atoms with Crippen LogP contribution >= 0.6 is 0 Å². The van der Waals surface area contributed by atoms with Gasteiger partial charge in [0.2, 0.25) is 0 Å². The highest BCUT2D eigenvalue weighted by Crippen LogP contribution is 2.23. The number of carbonyl (C=O) groups is 2. The van der Waals surface area contributed by atoms with Crippen molar-refractivity contribution < 1.29 is 56.8 Å². The third-order valence-corrected chi connectivity index (χ3v) is 9.36. The van der Waals surface area contributed by atoms with Crippen molar-refractivity contribution in [2.45, 2.75) is 166 Å². The summed E-state index contributed by atoms with van der Waals surface area (Å²) < 4.78 is 53.6. The number of hydrogen-bond donors (Lipinski definition) is 4. The van der Waals surface area contributed by atoms with Crippen LogP contribution in [0.25, 0.3) is 0 Å². The minimum atomic E-state index is -4.60. The molecule has 0 aromatic rings. The van der Waals surface area contributed by atoms with Gasteiger partial charge in [0.05, 0.1) is 6.61 Å². The lowest BCUT2D eigenvalue weighted by atomic mass is 10.00. The van der Waals surface area contributed by atoms with E-state index in [9.17, 15) is 37.9 Å². The molecule has 1 rings (SSSR count). The standard InChI is InChI=1S/C41H68O12S/c1-3-5-7-9-11-12-13-14-15-16-17-18-19-20-21-22-24-25-27-29-36(42)50-31-34(52-37(43)30-28-26-23-10-8-6-4-2)32-51-41-40(46)39(45)38(44)35(53-41)33-54(47,48)49/h11-12,14-15,17-18,20-21,24-25,34-35,38-41,44-46H,3-10,13,16,19,22-23,26-33H2,1-2H3,(H,47,48,49)/b12-11+,15-14+,18-17+,21-20+,25-24+/t34-,35+,38+,39?,40?,41-/m1/s1. The Morgan fingerprint density at radius 1 is 0.630 bits per heavy atom. The summed E-state index contributed by atoms with van der Waals surface area (Å²) in [5, 5.41) is 30.7. The Hall–Kier alpha value is -2.65. The van der Waals surface area contributed by atoms with E-state index < -0.39 is 71.2 Å². The zero-order valence-corrected chi connectivity index (χ0v) is 33.4. The first-order chi connectivity index (χ1) is 26.0. The second kappa shape index (κ2) is 31.5. The lowest BCUT2D eigenvalue weighted by molar-refractivity contribution is -0.297. The normalized spacial score (nSPS) is 21.6. The summed E-state index contributed by atoms with van der Waals surface area (Å²) >= 11 is 0. The molecule has 0 aromatic carbocycles. The highest BCUT2D eigenvalue weighted by molar-refractivity contribution is 7.85. The Balaban J connectivity index is 2.50. The number of ether oxygens (including phenoxy) is 4. The highest BCUT2D eigenvalue weighted by Gasteiger charge is 2.46. The van der Waals surface area contributed by atoms with Gasteiger partial charge in [-0.2, -0.15) is 8.42 Å². The number of rotatable bonds is 31. The third kappa shape index (κ3) is 26.2. The number of unbranched alkanes of at least 4 members (excludes halogenated alkanes) is 9. The fourth-order valence-electron chi connectivity index (χ4n) is 5.48. The first-order valence-corrected chi connectivity index (χ1v) is 21.5. The molecule has 0 amide bonds. The van der Waals surface area contributed by atoms with Gasteiger partial charge >= 0.3 is 11.9 Å². The van der Waals surface area contributed by atoms with Gasteiger partial charge in [0.15, 0.2) is 12.4 Å². The van der Waals surface area contributed by atoms with Crippen LogP contribution in [0.1, 0.15) is 129 Å². The predicted molar refractivity (Wildman–Crippen MR) is 210 cm³/mol. The molecule has 0 aliphatic carbocycles. The van der Waals surface area contributed by atoms with Crippen LogP contribution < -0.4 is 0 Å². The molecule has 310 valence electrons. The van der Waals surface area contributed by atoms with Crippen LogP contribution in [-0.4, -0.2) is 96.0 Å². The van der Waals surface area contributed by atoms with Crippen molar-refractivity contribution in [2.24, 2.45) is 0 Å². The van der Waals surface area contributed by atoms with E-state index in [1.165, 1.54) is 25.7 Å². The second-order valence-electron chi connectivity index (χ2n) is 13.6. The Bertz CT molecular complexity index is 1240. The fourth-order valence-corrected chi connectivity index (χ4v) is 6.17. The van der Waals surface area contributed by atoms with Crippen LogP contribution in [0, 0.1) is 0 Å². The molecule has 1 heterocycles. The second-order valence-corrected chi connectivity index (χ2v) is 15.1. The van der Waals surface area contributed by atoms with E-state index in [-0.39, 0.29) is 19.4 Å². The molecule has 54 heavy (non-hydrogen) atoms. The quantitative estimate of drug-likeness (QED) is 0.0245. The van der Waals surface area contributed by atoms with Crippen molar-refractivity contribution in [3.05, 3.63) is 60.8 Å². The Kier molecular flexibility index (Phi) is 28.8. The van der Waals surface area contributed by atoms with Gasteiger partial charge in [-0.3, -0.25) is 14.1 Å². The maximum atomic E-state index is 12.6. The van der Waals surface area contributed by atoms with Crippen LogP contribution in [0.3, 0.4) is 0 Å². The maximum Gasteiger partial charge on any atom is 0.306 e. The van der Waals surface area contributed by atoms with Gasteiger partial charge in [-0.15, -0.1) is 0 Å². The van der Waals surface area contributed by atoms with Crippen LogP contribution in [0.2, 0.25) is 0 Å². The summed E-state index contributed by atoms with van der Waals surface area (Å²) in [5.74, 6) is -2.10. The van der Waals surface area contributed by atoms with Crippen LogP contribution in [0.5, 0.6) is 0 Å². The van der Waals surface area contributed by atoms with E-state index in [4.69, 9.17) is 18.9 Å². The molecule has 4 N–H and O–H groups in total. The fraction of sp³-hybridized carbons (Fsp3) is 0.707. The molecule has 0 saturated carbocycles. The van der Waals surface area contributed by atoms with Crippen molar-refractivity contribution >= 4 is 22.1 Å². The van der Waals surface area contributed by atoms with Crippen molar-refractivity contribution in [3.63, 3.8) is 0 Å². The van der Waals surface area contributed by atoms with Crippen LogP contribution in [-0.2, 0) is 38.7 Å². The van der Waals surface area contributed by atoms with Gasteiger partial charge in [0.25, 0.3) is 10.1 Å². The molecular formula is C41H68O12S. The van der Waals surface area contributed by atoms with Crippen molar-refractivity contribution in [3.8, 4) is 0 Å². The molecule has 0 aromatic heterocycles. The Morgan fingerprint density at radius 2 is 1.15 bits per heavy atom. The van der Waals surface area contributed by atoms with Gasteiger partial charge < -0.3 is 34.3 Å². The molecule has 1 aliphatic rings. The SMILES string of the molecule is CCCCC/C=C/C/C=C/C/C=C/C/C=C/C/C=C/CCC(=O)OC[C@H](CO[C@@H]1O[C@@H](CS(=O)(=O)O)[C@H](O)C(O)C1O)OC(=O)CCCCCCCCC. The van der Waals surface area contributed by atoms with Gasteiger partial charge in [-0.05, 0) is 51.4 Å². The zero-order valence-electron chi connectivity index (χ0n) is 32.5. The number of hydrogen-bond acceptors (Lipinski definition) is 11. The topological polar surface area (TPSA) is 186 Å². The van der Waals surface area contributed by atoms with E-state index in [0.717, 1.165) is 64.2 Å².